The number of carbonyl (C=O) groups excluding carboxylic acids is 2. The molecule has 1 aromatic carbocycles. The quantitative estimate of drug-likeness (QED) is 0.764. The van der Waals surface area contributed by atoms with Gasteiger partial charge in [-0.3, -0.25) is 9.69 Å². The summed E-state index contributed by atoms with van der Waals surface area (Å²) in [6, 6.07) is 7.38. The fourth-order valence-corrected chi connectivity index (χ4v) is 2.66. The van der Waals surface area contributed by atoms with E-state index in [0.29, 0.717) is 11.6 Å². The summed E-state index contributed by atoms with van der Waals surface area (Å²) in [7, 11) is 1.50. The van der Waals surface area contributed by atoms with E-state index < -0.39 is 6.09 Å². The standard InChI is InChI=1S/C17H24ClN3O4/c1-19-16(22)12-25-17(23)20-14-6-8-21(9-7-14)10-11-24-15-4-2-13(18)3-5-15/h2-5,14H,6-12H2,1H3,(H,19,22)(H,20,23). The molecule has 1 aliphatic heterocycles. The van der Waals surface area contributed by atoms with Crippen molar-refractivity contribution in [2.45, 2.75) is 18.9 Å². The molecule has 1 saturated heterocycles. The van der Waals surface area contributed by atoms with E-state index in [2.05, 4.69) is 15.5 Å². The molecule has 0 aromatic heterocycles. The van der Waals surface area contributed by atoms with Crippen molar-refractivity contribution >= 4 is 23.6 Å². The number of amides is 2. The van der Waals surface area contributed by atoms with Gasteiger partial charge >= 0.3 is 6.09 Å². The summed E-state index contributed by atoms with van der Waals surface area (Å²) in [6.45, 7) is 2.93. The minimum atomic E-state index is -0.548. The Hall–Kier alpha value is -1.99. The molecule has 1 fully saturated rings. The number of carbonyl (C=O) groups is 2. The first-order chi connectivity index (χ1) is 12.1. The van der Waals surface area contributed by atoms with Crippen LogP contribution < -0.4 is 15.4 Å². The van der Waals surface area contributed by atoms with E-state index in [9.17, 15) is 9.59 Å². The number of piperidine rings is 1. The molecular weight excluding hydrogens is 346 g/mol. The fourth-order valence-electron chi connectivity index (χ4n) is 2.54. The summed E-state index contributed by atoms with van der Waals surface area (Å²) >= 11 is 5.84. The van der Waals surface area contributed by atoms with Crippen LogP contribution in [-0.4, -0.2) is 62.8 Å². The number of likely N-dealkylation sites (tertiary alicyclic amines) is 1. The minimum absolute atomic E-state index is 0.0746. The van der Waals surface area contributed by atoms with Crippen LogP contribution in [0.1, 0.15) is 12.8 Å². The van der Waals surface area contributed by atoms with Crippen molar-refractivity contribution in [1.82, 2.24) is 15.5 Å². The van der Waals surface area contributed by atoms with E-state index in [1.54, 1.807) is 12.1 Å². The minimum Gasteiger partial charge on any atom is -0.492 e. The number of hydrogen-bond acceptors (Lipinski definition) is 5. The summed E-state index contributed by atoms with van der Waals surface area (Å²) in [5.74, 6) is 0.477. The van der Waals surface area contributed by atoms with Crippen LogP contribution in [0.25, 0.3) is 0 Å². The Morgan fingerprint density at radius 3 is 2.56 bits per heavy atom. The first-order valence-corrected chi connectivity index (χ1v) is 8.69. The topological polar surface area (TPSA) is 79.9 Å². The first kappa shape index (κ1) is 19.3. The Morgan fingerprint density at radius 2 is 1.92 bits per heavy atom. The molecule has 1 heterocycles. The van der Waals surface area contributed by atoms with Crippen molar-refractivity contribution in [2.75, 3.05) is 39.9 Å². The van der Waals surface area contributed by atoms with Crippen molar-refractivity contribution in [3.05, 3.63) is 29.3 Å². The van der Waals surface area contributed by atoms with Gasteiger partial charge in [-0.15, -0.1) is 0 Å². The smallest absolute Gasteiger partial charge is 0.407 e. The highest BCUT2D eigenvalue weighted by molar-refractivity contribution is 6.30. The van der Waals surface area contributed by atoms with Crippen LogP contribution in [0.3, 0.4) is 0 Å². The Bertz CT molecular complexity index is 560. The highest BCUT2D eigenvalue weighted by atomic mass is 35.5. The summed E-state index contributed by atoms with van der Waals surface area (Å²) < 4.78 is 10.5. The zero-order valence-electron chi connectivity index (χ0n) is 14.3. The lowest BCUT2D eigenvalue weighted by Crippen LogP contribution is -2.46. The van der Waals surface area contributed by atoms with Gasteiger partial charge in [-0.1, -0.05) is 11.6 Å². The molecule has 0 spiro atoms. The second kappa shape index (κ2) is 10.1. The molecule has 138 valence electrons. The zero-order chi connectivity index (χ0) is 18.1. The molecule has 0 aliphatic carbocycles. The molecule has 0 saturated carbocycles. The monoisotopic (exact) mass is 369 g/mol. The average molecular weight is 370 g/mol. The molecule has 2 amide bonds. The van der Waals surface area contributed by atoms with E-state index in [4.69, 9.17) is 21.1 Å². The van der Waals surface area contributed by atoms with Crippen molar-refractivity contribution in [3.63, 3.8) is 0 Å². The lowest BCUT2D eigenvalue weighted by Gasteiger charge is -2.31. The second-order valence-electron chi connectivity index (χ2n) is 5.81. The van der Waals surface area contributed by atoms with Crippen molar-refractivity contribution in [3.8, 4) is 5.75 Å². The number of likely N-dealkylation sites (N-methyl/N-ethyl adjacent to an activating group) is 1. The van der Waals surface area contributed by atoms with Crippen LogP contribution >= 0.6 is 11.6 Å². The molecule has 1 aliphatic rings. The molecule has 0 radical (unpaired) electrons. The van der Waals surface area contributed by atoms with Gasteiger partial charge < -0.3 is 20.1 Å². The molecule has 2 N–H and O–H groups in total. The van der Waals surface area contributed by atoms with Crippen LogP contribution in [0.15, 0.2) is 24.3 Å². The summed E-state index contributed by atoms with van der Waals surface area (Å²) in [5.41, 5.74) is 0. The summed E-state index contributed by atoms with van der Waals surface area (Å²) in [4.78, 5) is 24.9. The van der Waals surface area contributed by atoms with E-state index in [0.717, 1.165) is 38.2 Å². The first-order valence-electron chi connectivity index (χ1n) is 8.31. The third-order valence-electron chi connectivity index (χ3n) is 4.01. The predicted octanol–water partition coefficient (Wildman–Crippen LogP) is 1.66. The number of rotatable bonds is 7. The molecule has 7 nitrogen and oxygen atoms in total. The van der Waals surface area contributed by atoms with Gasteiger partial charge in [-0.2, -0.15) is 0 Å². The Kier molecular flexibility index (Phi) is 7.81. The number of hydrogen-bond donors (Lipinski definition) is 2. The third-order valence-corrected chi connectivity index (χ3v) is 4.26. The molecule has 0 unspecified atom stereocenters. The maximum absolute atomic E-state index is 11.6. The number of alkyl carbamates (subject to hydrolysis) is 1. The maximum Gasteiger partial charge on any atom is 0.407 e. The lowest BCUT2D eigenvalue weighted by molar-refractivity contribution is -0.123. The van der Waals surface area contributed by atoms with Crippen LogP contribution in [0.2, 0.25) is 5.02 Å². The van der Waals surface area contributed by atoms with Gasteiger partial charge in [0.1, 0.15) is 12.4 Å². The fraction of sp³-hybridized carbons (Fsp3) is 0.529. The van der Waals surface area contributed by atoms with Crippen molar-refractivity contribution in [1.29, 1.82) is 0 Å². The van der Waals surface area contributed by atoms with Crippen LogP contribution in [0.4, 0.5) is 4.79 Å². The largest absolute Gasteiger partial charge is 0.492 e. The van der Waals surface area contributed by atoms with E-state index in [1.807, 2.05) is 12.1 Å². The normalized spacial score (nSPS) is 15.4. The maximum atomic E-state index is 11.6. The number of ether oxygens (including phenoxy) is 2. The van der Waals surface area contributed by atoms with Crippen LogP contribution in [0.5, 0.6) is 5.75 Å². The van der Waals surface area contributed by atoms with Gasteiger partial charge in [-0.25, -0.2) is 4.79 Å². The van der Waals surface area contributed by atoms with Crippen LogP contribution in [-0.2, 0) is 9.53 Å². The van der Waals surface area contributed by atoms with E-state index >= 15 is 0 Å². The molecule has 25 heavy (non-hydrogen) atoms. The lowest BCUT2D eigenvalue weighted by atomic mass is 10.1. The molecule has 8 heteroatoms. The molecule has 2 rings (SSSR count). The predicted molar refractivity (Wildman–Crippen MR) is 95.0 cm³/mol. The van der Waals surface area contributed by atoms with Crippen molar-refractivity contribution in [2.24, 2.45) is 0 Å². The van der Waals surface area contributed by atoms with Gasteiger partial charge in [-0.05, 0) is 37.1 Å². The number of nitrogens with one attached hydrogen (secondary N) is 2. The average Bonchev–Trinajstić information content (AvgIpc) is 2.63. The highest BCUT2D eigenvalue weighted by Gasteiger charge is 2.21. The third kappa shape index (κ3) is 7.19. The highest BCUT2D eigenvalue weighted by Crippen LogP contribution is 2.16. The van der Waals surface area contributed by atoms with Gasteiger partial charge in [0.25, 0.3) is 5.91 Å². The van der Waals surface area contributed by atoms with E-state index in [-0.39, 0.29) is 18.6 Å². The molecule has 1 aromatic rings. The number of benzene rings is 1. The SMILES string of the molecule is CNC(=O)COC(=O)NC1CCN(CCOc2ccc(Cl)cc2)CC1. The van der Waals surface area contributed by atoms with Crippen LogP contribution in [0, 0.1) is 0 Å². The molecular formula is C17H24ClN3O4. The second-order valence-corrected chi connectivity index (χ2v) is 6.25. The zero-order valence-corrected chi connectivity index (χ0v) is 15.1. The Balaban J connectivity index is 1.58. The molecule has 0 bridgehead atoms. The van der Waals surface area contributed by atoms with Gasteiger partial charge in [0.05, 0.1) is 0 Å². The van der Waals surface area contributed by atoms with Gasteiger partial charge in [0, 0.05) is 37.7 Å². The number of nitrogens with zero attached hydrogens (tertiary/aromatic N) is 1. The number of halogens is 1. The van der Waals surface area contributed by atoms with E-state index in [1.165, 1.54) is 7.05 Å². The summed E-state index contributed by atoms with van der Waals surface area (Å²) in [6.07, 6.45) is 1.14. The Labute approximate surface area is 152 Å². The Morgan fingerprint density at radius 1 is 1.24 bits per heavy atom. The van der Waals surface area contributed by atoms with Crippen molar-refractivity contribution < 1.29 is 19.1 Å². The molecule has 0 atom stereocenters. The van der Waals surface area contributed by atoms with Gasteiger partial charge in [0.2, 0.25) is 0 Å². The summed E-state index contributed by atoms with van der Waals surface area (Å²) in [5, 5.41) is 5.88. The van der Waals surface area contributed by atoms with Gasteiger partial charge in [0.15, 0.2) is 6.61 Å².